The molecule has 5 aromatic rings. The molecule has 6 rings (SSSR count). The zero-order valence-electron chi connectivity index (χ0n) is 24.0. The van der Waals surface area contributed by atoms with Crippen LogP contribution in [0, 0.1) is 5.92 Å². The van der Waals surface area contributed by atoms with Gasteiger partial charge in [0.25, 0.3) is 0 Å². The van der Waals surface area contributed by atoms with Crippen molar-refractivity contribution in [2.45, 2.75) is 26.7 Å². The minimum absolute atomic E-state index is 0.0782. The zero-order chi connectivity index (χ0) is 28.9. The van der Waals surface area contributed by atoms with Crippen LogP contribution >= 0.6 is 0 Å². The van der Waals surface area contributed by atoms with Crippen LogP contribution in [0.15, 0.2) is 91.3 Å². The van der Waals surface area contributed by atoms with Crippen LogP contribution in [-0.2, 0) is 4.79 Å². The number of nitrogens with zero attached hydrogens (tertiary/aromatic N) is 6. The van der Waals surface area contributed by atoms with E-state index in [9.17, 15) is 4.79 Å². The molecule has 1 amide bonds. The first kappa shape index (κ1) is 27.3. The van der Waals surface area contributed by atoms with Crippen molar-refractivity contribution in [3.63, 3.8) is 0 Å². The number of benzene rings is 3. The van der Waals surface area contributed by atoms with Gasteiger partial charge in [0.2, 0.25) is 11.9 Å². The van der Waals surface area contributed by atoms with E-state index in [1.807, 2.05) is 108 Å². The number of carbonyl (C=O) groups is 1. The largest absolute Gasteiger partial charge is 0.457 e. The molecule has 214 valence electrons. The number of aromatic nitrogens is 4. The van der Waals surface area contributed by atoms with Gasteiger partial charge in [0.15, 0.2) is 17.0 Å². The molecule has 1 fully saturated rings. The monoisotopic (exact) mass is 561 g/mol. The summed E-state index contributed by atoms with van der Waals surface area (Å²) in [4.78, 5) is 32.0. The molecule has 1 saturated heterocycles. The van der Waals surface area contributed by atoms with Gasteiger partial charge >= 0.3 is 0 Å². The van der Waals surface area contributed by atoms with Crippen LogP contribution in [0.25, 0.3) is 16.9 Å². The third-order valence-electron chi connectivity index (χ3n) is 7.64. The van der Waals surface area contributed by atoms with Crippen molar-refractivity contribution >= 4 is 34.5 Å². The van der Waals surface area contributed by atoms with Gasteiger partial charge in [0.05, 0.1) is 5.92 Å². The lowest BCUT2D eigenvalue weighted by molar-refractivity contribution is -0.135. The zero-order valence-corrected chi connectivity index (χ0v) is 24.0. The summed E-state index contributed by atoms with van der Waals surface area (Å²) in [7, 11) is 0. The number of rotatable bonds is 9. The summed E-state index contributed by atoms with van der Waals surface area (Å²) >= 11 is 0. The number of ether oxygens (including phenoxy) is 1. The number of nitrogens with one attached hydrogen (secondary N) is 1. The quantitative estimate of drug-likeness (QED) is 0.222. The molecule has 0 aliphatic carbocycles. The first-order valence-electron chi connectivity index (χ1n) is 14.6. The van der Waals surface area contributed by atoms with Gasteiger partial charge < -0.3 is 19.9 Å². The van der Waals surface area contributed by atoms with Crippen LogP contribution in [0.1, 0.15) is 26.7 Å². The van der Waals surface area contributed by atoms with E-state index in [1.54, 1.807) is 6.33 Å². The minimum Gasteiger partial charge on any atom is -0.457 e. The first-order valence-corrected chi connectivity index (χ1v) is 14.6. The average Bonchev–Trinajstić information content (AvgIpc) is 3.48. The Kier molecular flexibility index (Phi) is 7.98. The maximum Gasteiger partial charge on any atom is 0.229 e. The number of anilines is 3. The van der Waals surface area contributed by atoms with Crippen LogP contribution in [0.3, 0.4) is 0 Å². The van der Waals surface area contributed by atoms with Gasteiger partial charge in [-0.1, -0.05) is 36.4 Å². The second-order valence-corrected chi connectivity index (χ2v) is 10.4. The topological polar surface area (TPSA) is 88.4 Å². The summed E-state index contributed by atoms with van der Waals surface area (Å²) < 4.78 is 7.94. The van der Waals surface area contributed by atoms with Gasteiger partial charge in [-0.2, -0.15) is 9.97 Å². The fourth-order valence-electron chi connectivity index (χ4n) is 5.42. The fourth-order valence-corrected chi connectivity index (χ4v) is 5.42. The van der Waals surface area contributed by atoms with Gasteiger partial charge in [-0.15, -0.1) is 0 Å². The van der Waals surface area contributed by atoms with Gasteiger partial charge in [0.1, 0.15) is 17.8 Å². The molecule has 3 aromatic carbocycles. The highest BCUT2D eigenvalue weighted by Crippen LogP contribution is 2.31. The van der Waals surface area contributed by atoms with E-state index < -0.39 is 0 Å². The molecule has 42 heavy (non-hydrogen) atoms. The second-order valence-electron chi connectivity index (χ2n) is 10.4. The number of para-hydroxylation sites is 2. The number of hydrogen-bond acceptors (Lipinski definition) is 7. The van der Waals surface area contributed by atoms with Gasteiger partial charge in [-0.05, 0) is 75.2 Å². The number of carbonyl (C=O) groups excluding carboxylic acids is 1. The van der Waals surface area contributed by atoms with Crippen molar-refractivity contribution < 1.29 is 9.53 Å². The third-order valence-corrected chi connectivity index (χ3v) is 7.64. The highest BCUT2D eigenvalue weighted by Gasteiger charge is 2.30. The molecule has 9 nitrogen and oxygen atoms in total. The molecule has 1 unspecified atom stereocenters. The van der Waals surface area contributed by atoms with E-state index >= 15 is 0 Å². The highest BCUT2D eigenvalue weighted by molar-refractivity contribution is 5.88. The summed E-state index contributed by atoms with van der Waals surface area (Å²) in [6.45, 7) is 6.87. The molecule has 3 heterocycles. The SMILES string of the molecule is CCN(CC)C(=O)C1CCCN(c2nc(Nc3ccc(Oc4ccccc4)cc3)c3ncn(-c4ccccc4)c3n2)C1. The highest BCUT2D eigenvalue weighted by atomic mass is 16.5. The summed E-state index contributed by atoms with van der Waals surface area (Å²) in [5.74, 6) is 2.85. The molecule has 2 aromatic heterocycles. The molecule has 1 N–H and O–H groups in total. The summed E-state index contributed by atoms with van der Waals surface area (Å²) in [5.41, 5.74) is 3.19. The Morgan fingerprint density at radius 3 is 2.33 bits per heavy atom. The number of fused-ring (bicyclic) bond motifs is 1. The van der Waals surface area contributed by atoms with Crippen LogP contribution in [0.4, 0.5) is 17.5 Å². The Bertz CT molecular complexity index is 1630. The molecule has 0 spiro atoms. The molecule has 0 bridgehead atoms. The van der Waals surface area contributed by atoms with Crippen molar-refractivity contribution in [1.82, 2.24) is 24.4 Å². The molecule has 9 heteroatoms. The lowest BCUT2D eigenvalue weighted by atomic mass is 9.96. The van der Waals surface area contributed by atoms with Gasteiger partial charge in [-0.3, -0.25) is 9.36 Å². The summed E-state index contributed by atoms with van der Waals surface area (Å²) in [6.07, 6.45) is 3.56. The summed E-state index contributed by atoms with van der Waals surface area (Å²) in [6, 6.07) is 27.5. The van der Waals surface area contributed by atoms with E-state index in [2.05, 4.69) is 10.2 Å². The van der Waals surface area contributed by atoms with Crippen LogP contribution in [0.5, 0.6) is 11.5 Å². The Balaban J connectivity index is 1.33. The van der Waals surface area contributed by atoms with E-state index in [0.717, 1.165) is 42.3 Å². The van der Waals surface area contributed by atoms with E-state index in [0.29, 0.717) is 42.6 Å². The van der Waals surface area contributed by atoms with E-state index in [1.165, 1.54) is 0 Å². The average molecular weight is 562 g/mol. The molecule has 0 radical (unpaired) electrons. The minimum atomic E-state index is -0.0782. The van der Waals surface area contributed by atoms with Crippen molar-refractivity contribution in [2.24, 2.45) is 5.92 Å². The molecular formula is C33H35N7O2. The smallest absolute Gasteiger partial charge is 0.229 e. The Hall–Kier alpha value is -4.92. The summed E-state index contributed by atoms with van der Waals surface area (Å²) in [5, 5.41) is 3.47. The van der Waals surface area contributed by atoms with Gasteiger partial charge in [0, 0.05) is 37.6 Å². The number of imidazole rings is 1. The predicted molar refractivity (Wildman–Crippen MR) is 166 cm³/mol. The van der Waals surface area contributed by atoms with Crippen LogP contribution in [0.2, 0.25) is 0 Å². The molecule has 1 atom stereocenters. The van der Waals surface area contributed by atoms with Crippen LogP contribution in [-0.4, -0.2) is 56.5 Å². The van der Waals surface area contributed by atoms with Crippen LogP contribution < -0.4 is 15.0 Å². The van der Waals surface area contributed by atoms with E-state index in [-0.39, 0.29) is 11.8 Å². The van der Waals surface area contributed by atoms with Gasteiger partial charge in [-0.25, -0.2) is 4.98 Å². The number of amides is 1. The second kappa shape index (κ2) is 12.3. The third kappa shape index (κ3) is 5.76. The molecule has 0 saturated carbocycles. The van der Waals surface area contributed by atoms with Crippen molar-refractivity contribution in [1.29, 1.82) is 0 Å². The van der Waals surface area contributed by atoms with Crippen molar-refractivity contribution in [3.05, 3.63) is 91.3 Å². The fraction of sp³-hybridized carbons (Fsp3) is 0.273. The molecule has 1 aliphatic heterocycles. The Labute approximate surface area is 245 Å². The molecule has 1 aliphatic rings. The lowest BCUT2D eigenvalue weighted by Gasteiger charge is -2.34. The normalized spacial score (nSPS) is 15.0. The predicted octanol–water partition coefficient (Wildman–Crippen LogP) is 6.44. The standard InChI is InChI=1S/C33H35N7O2/c1-3-38(4-2)32(41)24-12-11-21-39(22-24)33-36-30(29-31(37-33)40(23-34-29)26-13-7-5-8-14-26)35-25-17-19-28(20-18-25)42-27-15-9-6-10-16-27/h5-10,13-20,23-24H,3-4,11-12,21-22H2,1-2H3,(H,35,36,37). The van der Waals surface area contributed by atoms with Crippen molar-refractivity contribution in [2.75, 3.05) is 36.4 Å². The molecular weight excluding hydrogens is 526 g/mol. The van der Waals surface area contributed by atoms with E-state index in [4.69, 9.17) is 19.7 Å². The number of piperidine rings is 1. The Morgan fingerprint density at radius 1 is 0.929 bits per heavy atom. The maximum atomic E-state index is 13.2. The lowest BCUT2D eigenvalue weighted by Crippen LogP contribution is -2.45. The number of hydrogen-bond donors (Lipinski definition) is 1. The first-order chi connectivity index (χ1) is 20.6. The maximum absolute atomic E-state index is 13.2. The Morgan fingerprint density at radius 2 is 1.62 bits per heavy atom. The van der Waals surface area contributed by atoms with Crippen molar-refractivity contribution in [3.8, 4) is 17.2 Å².